The molecule has 0 spiro atoms. The zero-order chi connectivity index (χ0) is 16.5. The van der Waals surface area contributed by atoms with E-state index < -0.39 is 0 Å². The number of hydrogen-bond donors (Lipinski definition) is 2. The SMILES string of the molecule is OC[C@@H]1CN(C2CCN(c3ccc4c(c3)CCC4)CC2)CC[C@@H]1O. The highest BCUT2D eigenvalue weighted by atomic mass is 16.3. The molecule has 0 amide bonds. The smallest absolute Gasteiger partial charge is 0.0614 e. The van der Waals surface area contributed by atoms with Crippen LogP contribution >= 0.6 is 0 Å². The number of hydrogen-bond acceptors (Lipinski definition) is 4. The summed E-state index contributed by atoms with van der Waals surface area (Å²) in [6.45, 7) is 4.16. The van der Waals surface area contributed by atoms with E-state index in [2.05, 4.69) is 28.0 Å². The minimum atomic E-state index is -0.322. The summed E-state index contributed by atoms with van der Waals surface area (Å²) in [5.41, 5.74) is 4.51. The summed E-state index contributed by atoms with van der Waals surface area (Å²) >= 11 is 0. The number of piperidine rings is 2. The van der Waals surface area contributed by atoms with E-state index in [1.165, 1.54) is 37.8 Å². The van der Waals surface area contributed by atoms with Gasteiger partial charge in [-0.25, -0.2) is 0 Å². The van der Waals surface area contributed by atoms with Gasteiger partial charge in [0.15, 0.2) is 0 Å². The van der Waals surface area contributed by atoms with E-state index >= 15 is 0 Å². The first-order chi connectivity index (χ1) is 11.7. The van der Waals surface area contributed by atoms with Crippen molar-refractivity contribution < 1.29 is 10.2 Å². The van der Waals surface area contributed by atoms with Crippen molar-refractivity contribution >= 4 is 5.69 Å². The molecular formula is C20H30N2O2. The Hall–Kier alpha value is -1.10. The molecule has 3 aliphatic rings. The number of nitrogens with zero attached hydrogens (tertiary/aromatic N) is 2. The third-order valence-corrected chi connectivity index (χ3v) is 6.39. The number of rotatable bonds is 3. The molecule has 2 saturated heterocycles. The van der Waals surface area contributed by atoms with Crippen LogP contribution < -0.4 is 4.90 Å². The minimum absolute atomic E-state index is 0.0356. The predicted octanol–water partition coefficient (Wildman–Crippen LogP) is 1.82. The Morgan fingerprint density at radius 3 is 2.58 bits per heavy atom. The van der Waals surface area contributed by atoms with Crippen LogP contribution in [0.15, 0.2) is 18.2 Å². The quantitative estimate of drug-likeness (QED) is 0.887. The van der Waals surface area contributed by atoms with E-state index in [1.54, 1.807) is 11.1 Å². The van der Waals surface area contributed by atoms with Crippen LogP contribution in [0, 0.1) is 5.92 Å². The molecule has 0 aromatic heterocycles. The van der Waals surface area contributed by atoms with Crippen molar-refractivity contribution in [2.75, 3.05) is 37.7 Å². The molecule has 4 heteroatoms. The Bertz CT molecular complexity index is 569. The van der Waals surface area contributed by atoms with Crippen molar-refractivity contribution in [2.45, 2.75) is 50.7 Å². The molecule has 0 bridgehead atoms. The second kappa shape index (κ2) is 7.03. The van der Waals surface area contributed by atoms with Gasteiger partial charge in [-0.3, -0.25) is 4.90 Å². The van der Waals surface area contributed by atoms with Crippen LogP contribution in [-0.4, -0.2) is 60.0 Å². The molecule has 2 aliphatic heterocycles. The number of fused-ring (bicyclic) bond motifs is 1. The van der Waals surface area contributed by atoms with Gasteiger partial charge in [0.05, 0.1) is 6.10 Å². The van der Waals surface area contributed by atoms with Crippen LogP contribution in [-0.2, 0) is 12.8 Å². The third-order valence-electron chi connectivity index (χ3n) is 6.39. The molecule has 132 valence electrons. The maximum absolute atomic E-state index is 9.96. The minimum Gasteiger partial charge on any atom is -0.396 e. The lowest BCUT2D eigenvalue weighted by molar-refractivity contribution is -0.0166. The molecule has 24 heavy (non-hydrogen) atoms. The summed E-state index contributed by atoms with van der Waals surface area (Å²) in [4.78, 5) is 5.05. The predicted molar refractivity (Wildman–Crippen MR) is 96.5 cm³/mol. The second-order valence-corrected chi connectivity index (χ2v) is 7.82. The largest absolute Gasteiger partial charge is 0.396 e. The summed E-state index contributed by atoms with van der Waals surface area (Å²) in [6.07, 6.45) is 6.67. The Morgan fingerprint density at radius 1 is 1.00 bits per heavy atom. The van der Waals surface area contributed by atoms with E-state index in [9.17, 15) is 10.2 Å². The lowest BCUT2D eigenvalue weighted by atomic mass is 9.92. The lowest BCUT2D eigenvalue weighted by Crippen LogP contribution is -2.52. The van der Waals surface area contributed by atoms with E-state index in [1.807, 2.05) is 0 Å². The Kier molecular flexibility index (Phi) is 4.79. The van der Waals surface area contributed by atoms with Gasteiger partial charge in [0.1, 0.15) is 0 Å². The van der Waals surface area contributed by atoms with Crippen molar-refractivity contribution in [3.8, 4) is 0 Å². The van der Waals surface area contributed by atoms with Crippen molar-refractivity contribution in [1.29, 1.82) is 0 Å². The summed E-state index contributed by atoms with van der Waals surface area (Å²) < 4.78 is 0. The van der Waals surface area contributed by atoms with E-state index in [-0.39, 0.29) is 18.6 Å². The van der Waals surface area contributed by atoms with Crippen LogP contribution in [0.4, 0.5) is 5.69 Å². The standard InChI is InChI=1S/C20H30N2O2/c23-14-17-13-22(11-8-20(17)24)18-6-9-21(10-7-18)19-5-4-15-2-1-3-16(15)12-19/h4-5,12,17-18,20,23-24H,1-3,6-11,13-14H2/t17-,20-/m0/s1. The highest BCUT2D eigenvalue weighted by molar-refractivity contribution is 5.52. The normalized spacial score (nSPS) is 29.0. The summed E-state index contributed by atoms with van der Waals surface area (Å²) in [5.74, 6) is 0.0356. The fraction of sp³-hybridized carbons (Fsp3) is 0.700. The molecule has 0 unspecified atom stereocenters. The zero-order valence-electron chi connectivity index (χ0n) is 14.5. The Labute approximate surface area is 145 Å². The maximum atomic E-state index is 9.96. The van der Waals surface area contributed by atoms with Gasteiger partial charge in [-0.2, -0.15) is 0 Å². The average Bonchev–Trinajstić information content (AvgIpc) is 3.10. The first kappa shape index (κ1) is 16.4. The van der Waals surface area contributed by atoms with Crippen molar-refractivity contribution in [2.24, 2.45) is 5.92 Å². The van der Waals surface area contributed by atoms with Crippen molar-refractivity contribution in [1.82, 2.24) is 4.90 Å². The van der Waals surface area contributed by atoms with Gasteiger partial charge in [0.2, 0.25) is 0 Å². The Morgan fingerprint density at radius 2 is 1.79 bits per heavy atom. The number of likely N-dealkylation sites (tertiary alicyclic amines) is 1. The molecule has 0 saturated carbocycles. The van der Waals surface area contributed by atoms with Gasteiger partial charge in [0, 0.05) is 50.4 Å². The molecule has 4 nitrogen and oxygen atoms in total. The van der Waals surface area contributed by atoms with E-state index in [0.717, 1.165) is 32.6 Å². The monoisotopic (exact) mass is 330 g/mol. The van der Waals surface area contributed by atoms with Crippen molar-refractivity contribution in [3.05, 3.63) is 29.3 Å². The molecule has 2 heterocycles. The van der Waals surface area contributed by atoms with Gasteiger partial charge < -0.3 is 15.1 Å². The van der Waals surface area contributed by atoms with E-state index in [4.69, 9.17) is 0 Å². The van der Waals surface area contributed by atoms with Gasteiger partial charge >= 0.3 is 0 Å². The molecule has 2 N–H and O–H groups in total. The number of aliphatic hydroxyl groups is 2. The Balaban J connectivity index is 1.35. The van der Waals surface area contributed by atoms with Crippen LogP contribution in [0.25, 0.3) is 0 Å². The van der Waals surface area contributed by atoms with Gasteiger partial charge in [0.25, 0.3) is 0 Å². The maximum Gasteiger partial charge on any atom is 0.0614 e. The summed E-state index contributed by atoms with van der Waals surface area (Å²) in [6, 6.07) is 7.67. The van der Waals surface area contributed by atoms with Crippen LogP contribution in [0.1, 0.15) is 36.8 Å². The fourth-order valence-corrected chi connectivity index (χ4v) is 4.80. The molecule has 1 aromatic rings. The summed E-state index contributed by atoms with van der Waals surface area (Å²) in [7, 11) is 0. The molecule has 2 atom stereocenters. The van der Waals surface area contributed by atoms with Crippen molar-refractivity contribution in [3.63, 3.8) is 0 Å². The average molecular weight is 330 g/mol. The van der Waals surface area contributed by atoms with Crippen LogP contribution in [0.3, 0.4) is 0 Å². The second-order valence-electron chi connectivity index (χ2n) is 7.82. The molecular weight excluding hydrogens is 300 g/mol. The van der Waals surface area contributed by atoms with E-state index in [0.29, 0.717) is 6.04 Å². The third kappa shape index (κ3) is 3.19. The number of benzene rings is 1. The van der Waals surface area contributed by atoms with Crippen LogP contribution in [0.2, 0.25) is 0 Å². The lowest BCUT2D eigenvalue weighted by Gasteiger charge is -2.44. The van der Waals surface area contributed by atoms with Gasteiger partial charge in [-0.15, -0.1) is 0 Å². The summed E-state index contributed by atoms with van der Waals surface area (Å²) in [5, 5.41) is 19.4. The number of anilines is 1. The topological polar surface area (TPSA) is 46.9 Å². The molecule has 1 aliphatic carbocycles. The molecule has 0 radical (unpaired) electrons. The first-order valence-corrected chi connectivity index (χ1v) is 9.64. The zero-order valence-corrected chi connectivity index (χ0v) is 14.5. The molecule has 2 fully saturated rings. The molecule has 4 rings (SSSR count). The molecule has 1 aromatic carbocycles. The van der Waals surface area contributed by atoms with Crippen LogP contribution in [0.5, 0.6) is 0 Å². The number of aliphatic hydroxyl groups excluding tert-OH is 2. The first-order valence-electron chi connectivity index (χ1n) is 9.64. The van der Waals surface area contributed by atoms with Gasteiger partial charge in [-0.1, -0.05) is 6.07 Å². The fourth-order valence-electron chi connectivity index (χ4n) is 4.80. The highest BCUT2D eigenvalue weighted by Crippen LogP contribution is 2.30. The highest BCUT2D eigenvalue weighted by Gasteiger charge is 2.32. The van der Waals surface area contributed by atoms with Gasteiger partial charge in [-0.05, 0) is 61.8 Å². The number of aryl methyl sites for hydroxylation is 2.